The third-order valence-electron chi connectivity index (χ3n) is 20.4. The summed E-state index contributed by atoms with van der Waals surface area (Å²) in [5, 5.41) is 85.5. The number of nitrogens with zero attached hydrogens (tertiary/aromatic N) is 1. The standard InChI is InChI=1S/C61H90N2O22/c1-26-17-36-18-35(25-64)29(4)23-61(36)56(70)48(57(71)85-61)55(69)60(11)38(30(5)39(65)19-42(26)81-47-24-59(10,63(73)74)54(34(9)80-47)62-58(72)76-13)15-14-37-49(60)27(2)16-28(3)51(37)83-46-22-43(50(68)31(6)77-46)82-44-21-41(67)53(33(8)79-44)84-45-20-40(66)52(75-12)32(7)78-45/h14-15,17-18,27-29,31-34,36-47,49-54,64-69H,5,16,19-25H2,1-4,6-13H3,(H,62,72)/t27-,28-,29+,31-,32-,33-,34+,36+,37-,38-,39?,40+,41+,42-,43+,44-,45+,46-,47-,49+,50-,51-,52-,53-,54-,59-,60+,61-/m0/s1. The summed E-state index contributed by atoms with van der Waals surface area (Å²) in [5.74, 6) is -6.26. The third kappa shape index (κ3) is 12.1. The molecule has 0 aromatic carbocycles. The summed E-state index contributed by atoms with van der Waals surface area (Å²) in [7, 11) is 2.64. The molecule has 476 valence electrons. The Morgan fingerprint density at radius 2 is 1.39 bits per heavy atom. The van der Waals surface area contributed by atoms with E-state index in [1.807, 2.05) is 26.0 Å². The molecular weight excluding hydrogens is 1110 g/mol. The molecule has 9 rings (SSSR count). The van der Waals surface area contributed by atoms with E-state index in [-0.39, 0.29) is 62.5 Å². The fourth-order valence-corrected chi connectivity index (χ4v) is 15.9. The van der Waals surface area contributed by atoms with Gasteiger partial charge in [0.05, 0.1) is 81.2 Å². The summed E-state index contributed by atoms with van der Waals surface area (Å²) in [5.41, 5.74) is -4.61. The highest BCUT2D eigenvalue weighted by atomic mass is 16.7. The van der Waals surface area contributed by atoms with Crippen molar-refractivity contribution < 1.29 is 102 Å². The number of allylic oxidation sites excluding steroid dienone is 2. The average Bonchev–Trinajstić information content (AvgIpc) is 2.94. The Labute approximate surface area is 496 Å². The molecule has 0 aromatic heterocycles. The van der Waals surface area contributed by atoms with Gasteiger partial charge in [-0.3, -0.25) is 14.9 Å². The number of nitro groups is 1. The van der Waals surface area contributed by atoms with Crippen LogP contribution in [0.1, 0.15) is 114 Å². The summed E-state index contributed by atoms with van der Waals surface area (Å²) in [6.45, 7) is 21.6. The van der Waals surface area contributed by atoms with Crippen molar-refractivity contribution in [1.82, 2.24) is 5.32 Å². The first-order valence-corrected chi connectivity index (χ1v) is 30.1. The van der Waals surface area contributed by atoms with Crippen LogP contribution in [0.15, 0.2) is 58.9 Å². The van der Waals surface area contributed by atoms with E-state index in [2.05, 4.69) is 11.9 Å². The molecule has 0 radical (unpaired) electrons. The maximum Gasteiger partial charge on any atom is 0.407 e. The highest BCUT2D eigenvalue weighted by molar-refractivity contribution is 6.26. The summed E-state index contributed by atoms with van der Waals surface area (Å²) >= 11 is 0. The van der Waals surface area contributed by atoms with Crippen molar-refractivity contribution in [3.8, 4) is 0 Å². The van der Waals surface area contributed by atoms with Crippen molar-refractivity contribution in [2.75, 3.05) is 20.8 Å². The number of esters is 1. The van der Waals surface area contributed by atoms with E-state index in [1.54, 1.807) is 60.6 Å². The van der Waals surface area contributed by atoms with E-state index in [0.29, 0.717) is 17.6 Å². The molecule has 2 bridgehead atoms. The summed E-state index contributed by atoms with van der Waals surface area (Å²) in [4.78, 5) is 55.1. The van der Waals surface area contributed by atoms with Crippen LogP contribution in [0.5, 0.6) is 0 Å². The fourth-order valence-electron chi connectivity index (χ4n) is 15.9. The number of rotatable bonds is 12. The van der Waals surface area contributed by atoms with Gasteiger partial charge in [-0.15, -0.1) is 0 Å². The Morgan fingerprint density at radius 1 is 0.776 bits per heavy atom. The number of hydrogen-bond donors (Lipinski definition) is 7. The smallest absolute Gasteiger partial charge is 0.407 e. The minimum absolute atomic E-state index is 0.00785. The lowest BCUT2D eigenvalue weighted by atomic mass is 9.49. The molecule has 1 amide bonds. The average molecular weight is 1200 g/mol. The number of methoxy groups -OCH3 is 2. The fraction of sp³-hybridized carbons (Fsp3) is 0.787. The number of carbonyl (C=O) groups is 3. The molecule has 9 aliphatic rings. The molecule has 5 heterocycles. The Balaban J connectivity index is 1.01. The maximum absolute atomic E-state index is 15.6. The Bertz CT molecular complexity index is 2620. The van der Waals surface area contributed by atoms with Gasteiger partial charge < -0.3 is 88.1 Å². The van der Waals surface area contributed by atoms with Crippen molar-refractivity contribution in [3.05, 3.63) is 69.0 Å². The summed E-state index contributed by atoms with van der Waals surface area (Å²) in [6.07, 6.45) is -8.98. The highest BCUT2D eigenvalue weighted by Crippen LogP contribution is 2.61. The lowest BCUT2D eigenvalue weighted by Gasteiger charge is -2.57. The predicted molar refractivity (Wildman–Crippen MR) is 299 cm³/mol. The number of hydrogen-bond acceptors (Lipinski definition) is 22. The van der Waals surface area contributed by atoms with Gasteiger partial charge in [-0.25, -0.2) is 9.59 Å². The van der Waals surface area contributed by atoms with Gasteiger partial charge in [-0.05, 0) is 81.4 Å². The van der Waals surface area contributed by atoms with Crippen LogP contribution >= 0.6 is 0 Å². The molecule has 28 atom stereocenters. The molecule has 85 heavy (non-hydrogen) atoms. The third-order valence-corrected chi connectivity index (χ3v) is 20.4. The Morgan fingerprint density at radius 3 is 2.01 bits per heavy atom. The second-order valence-electron chi connectivity index (χ2n) is 26.1. The number of ether oxygens (including phenoxy) is 11. The number of fused-ring (bicyclic) bond motifs is 4. The van der Waals surface area contributed by atoms with Gasteiger partial charge in [-0.1, -0.05) is 58.6 Å². The largest absolute Gasteiger partial charge is 0.511 e. The molecule has 1 spiro atoms. The topological polar surface area (TPSA) is 329 Å². The van der Waals surface area contributed by atoms with E-state index in [9.17, 15) is 50.3 Å². The molecule has 24 heteroatoms. The molecule has 1 unspecified atom stereocenters. The van der Waals surface area contributed by atoms with Crippen LogP contribution in [0.25, 0.3) is 0 Å². The van der Waals surface area contributed by atoms with Crippen LogP contribution in [-0.2, 0) is 61.7 Å². The molecule has 7 N–H and O–H groups in total. The van der Waals surface area contributed by atoms with Crippen molar-refractivity contribution in [1.29, 1.82) is 0 Å². The molecule has 1 saturated carbocycles. The SMILES string of the molecule is C=C1C(O)C[C@H](O[C@H]2C[C@](C)([N+](=O)[O-])[C@@H](NC(=O)OC)[C@@H](C)O2)C(C)=C[C@@H]2C=C(CO)[C@H](C)C[C@]23OC(=O)C(=C(O)[C@@]2(C)[C@H]4[C@H](C=C[C@@H]12)[C@@H](O[C@H]1C[C@@H](O[C@H]2C[C@@H](O)[C@@H](O[C@@H]5C[C@@H](O)[C@@H](OC)[C@H](C)O5)[C@H](C)O2)[C@@H](O)[C@H](C)O1)[C@@H](C)C[C@@H]4C)C3=O. The molecule has 0 aromatic rings. The number of Topliss-reactive ketones (excluding diaryl/α,β-unsaturated/α-hetero) is 1. The van der Waals surface area contributed by atoms with Gasteiger partial charge >= 0.3 is 12.1 Å². The second-order valence-corrected chi connectivity index (χ2v) is 26.1. The quantitative estimate of drug-likeness (QED) is 0.0463. The van der Waals surface area contributed by atoms with Crippen LogP contribution in [0, 0.1) is 57.0 Å². The zero-order valence-electron chi connectivity index (χ0n) is 50.8. The lowest BCUT2D eigenvalue weighted by Crippen LogP contribution is -2.65. The second kappa shape index (κ2) is 25.3. The lowest BCUT2D eigenvalue weighted by molar-refractivity contribution is -0.584. The maximum atomic E-state index is 15.6. The first kappa shape index (κ1) is 65.2. The molecule has 6 fully saturated rings. The Kier molecular flexibility index (Phi) is 19.4. The van der Waals surface area contributed by atoms with E-state index in [0.717, 1.165) is 7.11 Å². The summed E-state index contributed by atoms with van der Waals surface area (Å²) in [6, 6.07) is -1.14. The van der Waals surface area contributed by atoms with Gasteiger partial charge in [0.25, 0.3) is 0 Å². The van der Waals surface area contributed by atoms with Gasteiger partial charge in [0, 0.05) is 74.2 Å². The van der Waals surface area contributed by atoms with Gasteiger partial charge in [0.2, 0.25) is 11.3 Å². The number of carbonyl (C=O) groups excluding carboxylic acids is 3. The van der Waals surface area contributed by atoms with Crippen molar-refractivity contribution in [2.24, 2.45) is 46.8 Å². The van der Waals surface area contributed by atoms with Crippen LogP contribution in [0.3, 0.4) is 0 Å². The minimum atomic E-state index is -1.90. The number of amides is 1. The van der Waals surface area contributed by atoms with Crippen LogP contribution in [-0.4, -0.2) is 196 Å². The molecule has 5 aliphatic heterocycles. The number of aliphatic hydroxyl groups is 6. The van der Waals surface area contributed by atoms with Crippen molar-refractivity contribution in [3.63, 3.8) is 0 Å². The van der Waals surface area contributed by atoms with Crippen LogP contribution < -0.4 is 5.32 Å². The highest BCUT2D eigenvalue weighted by Gasteiger charge is 2.65. The van der Waals surface area contributed by atoms with E-state index in [4.69, 9.17) is 52.1 Å². The number of nitrogens with one attached hydrogen (secondary N) is 1. The predicted octanol–water partition coefficient (Wildman–Crippen LogP) is 4.54. The van der Waals surface area contributed by atoms with E-state index in [1.165, 1.54) is 14.0 Å². The first-order valence-electron chi connectivity index (χ1n) is 30.1. The van der Waals surface area contributed by atoms with Gasteiger partial charge in [0.1, 0.15) is 35.7 Å². The zero-order chi connectivity index (χ0) is 62.1. The minimum Gasteiger partial charge on any atom is -0.511 e. The summed E-state index contributed by atoms with van der Waals surface area (Å²) < 4.78 is 67.7. The van der Waals surface area contributed by atoms with Crippen molar-refractivity contribution in [2.45, 2.75) is 236 Å². The van der Waals surface area contributed by atoms with Crippen molar-refractivity contribution >= 4 is 17.8 Å². The van der Waals surface area contributed by atoms with Crippen LogP contribution in [0.2, 0.25) is 0 Å². The van der Waals surface area contributed by atoms with E-state index >= 15 is 4.79 Å². The van der Waals surface area contributed by atoms with Crippen LogP contribution in [0.4, 0.5) is 4.79 Å². The zero-order valence-corrected chi connectivity index (χ0v) is 50.8. The van der Waals surface area contributed by atoms with Gasteiger partial charge in [0.15, 0.2) is 30.8 Å². The number of aliphatic hydroxyl groups excluding tert-OH is 6. The monoisotopic (exact) mass is 1200 g/mol. The van der Waals surface area contributed by atoms with E-state index < -0.39 is 191 Å². The normalized spacial score (nSPS) is 47.8. The molecule has 5 saturated heterocycles. The number of ketones is 1. The number of alkyl carbamates (subject to hydrolysis) is 1. The molecular formula is C61H90N2O22. The molecule has 4 aliphatic carbocycles. The Hall–Kier alpha value is -4.25. The van der Waals surface area contributed by atoms with Gasteiger partial charge in [-0.2, -0.15) is 0 Å². The molecule has 24 nitrogen and oxygen atoms in total. The first-order chi connectivity index (χ1) is 40.0.